The number of anilines is 1. The molecule has 0 saturated heterocycles. The molecule has 5 heteroatoms. The third kappa shape index (κ3) is 3.40. The van der Waals surface area contributed by atoms with E-state index in [2.05, 4.69) is 0 Å². The Morgan fingerprint density at radius 1 is 1.26 bits per heavy atom. The zero-order chi connectivity index (χ0) is 14.6. The number of nitriles is 1. The van der Waals surface area contributed by atoms with Gasteiger partial charge >= 0.3 is 6.18 Å². The van der Waals surface area contributed by atoms with Crippen molar-refractivity contribution in [3.05, 3.63) is 29.3 Å². The zero-order valence-electron chi connectivity index (χ0n) is 11.3. The minimum atomic E-state index is -4.42. The van der Waals surface area contributed by atoms with E-state index < -0.39 is 11.7 Å². The fourth-order valence-electron chi connectivity index (χ4n) is 2.14. The van der Waals surface area contributed by atoms with Crippen LogP contribution in [-0.2, 0) is 6.18 Å². The molecule has 0 fully saturated rings. The molecular weight excluding hydrogens is 253 g/mol. The highest BCUT2D eigenvalue weighted by Crippen LogP contribution is 2.33. The molecule has 0 atom stereocenters. The molecule has 0 spiro atoms. The number of nitrogens with zero attached hydrogens (tertiary/aromatic N) is 2. The first-order chi connectivity index (χ1) is 8.85. The summed E-state index contributed by atoms with van der Waals surface area (Å²) in [6, 6.07) is 5.37. The van der Waals surface area contributed by atoms with Crippen LogP contribution in [0.4, 0.5) is 18.9 Å². The van der Waals surface area contributed by atoms with Gasteiger partial charge in [-0.2, -0.15) is 18.4 Å². The van der Waals surface area contributed by atoms with Gasteiger partial charge in [-0.1, -0.05) is 13.8 Å². The number of halogens is 3. The predicted molar refractivity (Wildman–Crippen MR) is 68.9 cm³/mol. The molecule has 1 aromatic carbocycles. The monoisotopic (exact) mass is 270 g/mol. The molecule has 0 saturated carbocycles. The highest BCUT2D eigenvalue weighted by atomic mass is 19.4. The van der Waals surface area contributed by atoms with E-state index in [4.69, 9.17) is 5.26 Å². The SMILES string of the molecule is CCC(CC)N(C)c1ccc(C(F)(F)F)cc1C#N. The number of hydrogen-bond donors (Lipinski definition) is 0. The standard InChI is InChI=1S/C14H17F3N2/c1-4-12(5-2)19(3)13-7-6-11(14(15,16)17)8-10(13)9-18/h6-8,12H,4-5H2,1-3H3. The lowest BCUT2D eigenvalue weighted by molar-refractivity contribution is -0.137. The number of rotatable bonds is 4. The van der Waals surface area contributed by atoms with Crippen LogP contribution in [0.2, 0.25) is 0 Å². The van der Waals surface area contributed by atoms with Crippen molar-refractivity contribution in [2.24, 2.45) is 0 Å². The Morgan fingerprint density at radius 3 is 2.26 bits per heavy atom. The minimum Gasteiger partial charge on any atom is -0.371 e. The second-order valence-electron chi connectivity index (χ2n) is 4.42. The normalized spacial score (nSPS) is 11.5. The van der Waals surface area contributed by atoms with Gasteiger partial charge < -0.3 is 4.90 Å². The van der Waals surface area contributed by atoms with Crippen molar-refractivity contribution in [2.45, 2.75) is 38.9 Å². The molecule has 0 amide bonds. The number of hydrogen-bond acceptors (Lipinski definition) is 2. The van der Waals surface area contributed by atoms with Crippen LogP contribution in [0.3, 0.4) is 0 Å². The van der Waals surface area contributed by atoms with E-state index in [9.17, 15) is 13.2 Å². The first kappa shape index (κ1) is 15.4. The maximum atomic E-state index is 12.6. The van der Waals surface area contributed by atoms with E-state index in [1.807, 2.05) is 24.8 Å². The Bertz CT molecular complexity index is 471. The molecule has 0 aliphatic rings. The van der Waals surface area contributed by atoms with Gasteiger partial charge in [0.05, 0.1) is 16.8 Å². The Hall–Kier alpha value is -1.70. The molecule has 104 valence electrons. The summed E-state index contributed by atoms with van der Waals surface area (Å²) in [4.78, 5) is 1.87. The highest BCUT2D eigenvalue weighted by molar-refractivity contribution is 5.61. The zero-order valence-corrected chi connectivity index (χ0v) is 11.3. The summed E-state index contributed by atoms with van der Waals surface area (Å²) < 4.78 is 37.8. The van der Waals surface area contributed by atoms with Gasteiger partial charge in [0.2, 0.25) is 0 Å². The Labute approximate surface area is 111 Å². The number of alkyl halides is 3. The quantitative estimate of drug-likeness (QED) is 0.819. The molecule has 0 radical (unpaired) electrons. The fraction of sp³-hybridized carbons (Fsp3) is 0.500. The Kier molecular flexibility index (Phi) is 4.82. The van der Waals surface area contributed by atoms with Gasteiger partial charge in [-0.05, 0) is 31.0 Å². The molecule has 0 aromatic heterocycles. The fourth-order valence-corrected chi connectivity index (χ4v) is 2.14. The average Bonchev–Trinajstić information content (AvgIpc) is 2.38. The van der Waals surface area contributed by atoms with Gasteiger partial charge in [-0.3, -0.25) is 0 Å². The summed E-state index contributed by atoms with van der Waals surface area (Å²) >= 11 is 0. The summed E-state index contributed by atoms with van der Waals surface area (Å²) in [6.45, 7) is 4.03. The Morgan fingerprint density at radius 2 is 1.84 bits per heavy atom. The van der Waals surface area contributed by atoms with Crippen LogP contribution in [0.5, 0.6) is 0 Å². The van der Waals surface area contributed by atoms with Crippen molar-refractivity contribution in [3.63, 3.8) is 0 Å². The molecule has 0 aliphatic heterocycles. The van der Waals surface area contributed by atoms with E-state index in [0.717, 1.165) is 25.0 Å². The first-order valence-electron chi connectivity index (χ1n) is 6.19. The van der Waals surface area contributed by atoms with Crippen molar-refractivity contribution in [2.75, 3.05) is 11.9 Å². The summed E-state index contributed by atoms with van der Waals surface area (Å²) in [7, 11) is 1.81. The van der Waals surface area contributed by atoms with Crippen molar-refractivity contribution >= 4 is 5.69 Å². The van der Waals surface area contributed by atoms with Gasteiger partial charge in [0.25, 0.3) is 0 Å². The molecule has 0 N–H and O–H groups in total. The summed E-state index contributed by atoms with van der Waals surface area (Å²) in [5.74, 6) is 0. The summed E-state index contributed by atoms with van der Waals surface area (Å²) in [5.41, 5.74) is -0.181. The topological polar surface area (TPSA) is 27.0 Å². The van der Waals surface area contributed by atoms with Gasteiger partial charge in [-0.15, -0.1) is 0 Å². The summed E-state index contributed by atoms with van der Waals surface area (Å²) in [6.07, 6.45) is -2.67. The third-order valence-electron chi connectivity index (χ3n) is 3.31. The highest BCUT2D eigenvalue weighted by Gasteiger charge is 2.31. The lowest BCUT2D eigenvalue weighted by Crippen LogP contribution is -2.31. The molecule has 2 nitrogen and oxygen atoms in total. The second-order valence-corrected chi connectivity index (χ2v) is 4.42. The van der Waals surface area contributed by atoms with Crippen molar-refractivity contribution < 1.29 is 13.2 Å². The van der Waals surface area contributed by atoms with Gasteiger partial charge in [0.15, 0.2) is 0 Å². The average molecular weight is 270 g/mol. The molecule has 1 aromatic rings. The van der Waals surface area contributed by atoms with E-state index in [1.165, 1.54) is 6.07 Å². The van der Waals surface area contributed by atoms with E-state index in [-0.39, 0.29) is 11.6 Å². The minimum absolute atomic E-state index is 0.0595. The van der Waals surface area contributed by atoms with Crippen LogP contribution in [0.25, 0.3) is 0 Å². The largest absolute Gasteiger partial charge is 0.416 e. The summed E-state index contributed by atoms with van der Waals surface area (Å²) in [5, 5.41) is 9.04. The molecular formula is C14H17F3N2. The van der Waals surface area contributed by atoms with Gasteiger partial charge in [0, 0.05) is 13.1 Å². The van der Waals surface area contributed by atoms with Crippen LogP contribution >= 0.6 is 0 Å². The van der Waals surface area contributed by atoms with Crippen LogP contribution in [0.15, 0.2) is 18.2 Å². The van der Waals surface area contributed by atoms with Crippen LogP contribution in [-0.4, -0.2) is 13.1 Å². The van der Waals surface area contributed by atoms with Crippen LogP contribution in [0.1, 0.15) is 37.8 Å². The van der Waals surface area contributed by atoms with Gasteiger partial charge in [-0.25, -0.2) is 0 Å². The molecule has 0 aliphatic carbocycles. The number of benzene rings is 1. The second kappa shape index (κ2) is 5.96. The molecule has 1 rings (SSSR count). The molecule has 0 bridgehead atoms. The molecule has 0 heterocycles. The van der Waals surface area contributed by atoms with Crippen LogP contribution < -0.4 is 4.90 Å². The van der Waals surface area contributed by atoms with Crippen molar-refractivity contribution in [3.8, 4) is 6.07 Å². The maximum Gasteiger partial charge on any atom is 0.416 e. The maximum absolute atomic E-state index is 12.6. The lowest BCUT2D eigenvalue weighted by Gasteiger charge is -2.29. The third-order valence-corrected chi connectivity index (χ3v) is 3.31. The van der Waals surface area contributed by atoms with Crippen LogP contribution in [0, 0.1) is 11.3 Å². The van der Waals surface area contributed by atoms with Crippen molar-refractivity contribution in [1.29, 1.82) is 5.26 Å². The van der Waals surface area contributed by atoms with E-state index in [1.54, 1.807) is 7.05 Å². The first-order valence-corrected chi connectivity index (χ1v) is 6.19. The van der Waals surface area contributed by atoms with Gasteiger partial charge in [0.1, 0.15) is 6.07 Å². The Balaban J connectivity index is 3.20. The molecule has 0 unspecified atom stereocenters. The van der Waals surface area contributed by atoms with E-state index >= 15 is 0 Å². The smallest absolute Gasteiger partial charge is 0.371 e. The molecule has 19 heavy (non-hydrogen) atoms. The van der Waals surface area contributed by atoms with Crippen molar-refractivity contribution in [1.82, 2.24) is 0 Å². The predicted octanol–water partition coefficient (Wildman–Crippen LogP) is 4.20. The van der Waals surface area contributed by atoms with E-state index in [0.29, 0.717) is 5.69 Å². The lowest BCUT2D eigenvalue weighted by atomic mass is 10.0.